The van der Waals surface area contributed by atoms with Crippen LogP contribution in [0.3, 0.4) is 0 Å². The lowest BCUT2D eigenvalue weighted by Gasteiger charge is -2.33. The molecule has 0 aliphatic heterocycles. The van der Waals surface area contributed by atoms with Crippen LogP contribution in [0.2, 0.25) is 10.0 Å². The number of anilines is 1. The number of sulfonamides is 1. The summed E-state index contributed by atoms with van der Waals surface area (Å²) in [5.41, 5.74) is 3.44. The Morgan fingerprint density at radius 1 is 0.878 bits per heavy atom. The average Bonchev–Trinajstić information content (AvgIpc) is 2.91. The molecule has 3 aromatic carbocycles. The lowest BCUT2D eigenvalue weighted by atomic mass is 10.1. The number of amides is 2. The molecule has 0 aliphatic rings. The Hall–Kier alpha value is -3.07. The maximum Gasteiger partial charge on any atom is 0.264 e. The standard InChI is InChI=1S/C31H37Cl2N3O4S/c1-6-15-34-31(38)29(7-2)35(19-26-27(32)9-8-10-28(26)33)30(37)20-36(24-17-22(4)16-23(5)18-24)41(39,40)25-13-11-21(3)12-14-25/h8-14,16-18,29H,6-7,15,19-20H2,1-5H3,(H,34,38)/t29-/m1/s1. The van der Waals surface area contributed by atoms with Gasteiger partial charge in [-0.05, 0) is 81.1 Å². The maximum atomic E-state index is 14.2. The minimum Gasteiger partial charge on any atom is -0.354 e. The first kappa shape index (κ1) is 32.4. The highest BCUT2D eigenvalue weighted by Crippen LogP contribution is 2.29. The number of hydrogen-bond acceptors (Lipinski definition) is 4. The number of nitrogens with zero attached hydrogens (tertiary/aromatic N) is 2. The van der Waals surface area contributed by atoms with Crippen molar-refractivity contribution in [2.24, 2.45) is 0 Å². The van der Waals surface area contributed by atoms with Crippen molar-refractivity contribution in [3.63, 3.8) is 0 Å². The summed E-state index contributed by atoms with van der Waals surface area (Å²) >= 11 is 12.9. The molecule has 0 saturated heterocycles. The van der Waals surface area contributed by atoms with Crippen molar-refractivity contribution in [1.82, 2.24) is 10.2 Å². The van der Waals surface area contributed by atoms with Crippen molar-refractivity contribution in [3.05, 3.63) is 93.0 Å². The third kappa shape index (κ3) is 8.03. The molecule has 1 N–H and O–H groups in total. The molecule has 10 heteroatoms. The molecule has 3 aromatic rings. The third-order valence-electron chi connectivity index (χ3n) is 6.71. The van der Waals surface area contributed by atoms with Gasteiger partial charge in [-0.15, -0.1) is 0 Å². The van der Waals surface area contributed by atoms with Gasteiger partial charge in [0.15, 0.2) is 0 Å². The fourth-order valence-electron chi connectivity index (χ4n) is 4.60. The Labute approximate surface area is 253 Å². The van der Waals surface area contributed by atoms with Gasteiger partial charge in [0.25, 0.3) is 10.0 Å². The van der Waals surface area contributed by atoms with Crippen molar-refractivity contribution < 1.29 is 18.0 Å². The van der Waals surface area contributed by atoms with E-state index in [4.69, 9.17) is 23.2 Å². The minimum atomic E-state index is -4.16. The first-order valence-corrected chi connectivity index (χ1v) is 15.8. The molecule has 0 unspecified atom stereocenters. The van der Waals surface area contributed by atoms with E-state index in [1.54, 1.807) is 49.4 Å². The van der Waals surface area contributed by atoms with Crippen LogP contribution in [0, 0.1) is 20.8 Å². The molecule has 1 atom stereocenters. The lowest BCUT2D eigenvalue weighted by molar-refractivity contribution is -0.140. The Bertz CT molecular complexity index is 1450. The first-order valence-electron chi connectivity index (χ1n) is 13.6. The average molecular weight is 619 g/mol. The van der Waals surface area contributed by atoms with Gasteiger partial charge in [0, 0.05) is 28.7 Å². The molecule has 0 heterocycles. The van der Waals surface area contributed by atoms with Crippen molar-refractivity contribution in [1.29, 1.82) is 0 Å². The Kier molecular flexibility index (Phi) is 11.2. The summed E-state index contributed by atoms with van der Waals surface area (Å²) in [5, 5.41) is 3.55. The highest BCUT2D eigenvalue weighted by Gasteiger charge is 2.34. The van der Waals surface area contributed by atoms with Crippen molar-refractivity contribution in [2.75, 3.05) is 17.4 Å². The molecule has 220 valence electrons. The van der Waals surface area contributed by atoms with Crippen LogP contribution >= 0.6 is 23.2 Å². The van der Waals surface area contributed by atoms with Crippen LogP contribution in [-0.2, 0) is 26.2 Å². The number of aryl methyl sites for hydroxylation is 3. The van der Waals surface area contributed by atoms with Crippen molar-refractivity contribution in [3.8, 4) is 0 Å². The monoisotopic (exact) mass is 617 g/mol. The zero-order valence-corrected chi connectivity index (χ0v) is 26.4. The molecule has 7 nitrogen and oxygen atoms in total. The number of benzene rings is 3. The molecule has 0 radical (unpaired) electrons. The fraction of sp³-hybridized carbons (Fsp3) is 0.355. The summed E-state index contributed by atoms with van der Waals surface area (Å²) in [5.74, 6) is -0.889. The quantitative estimate of drug-likeness (QED) is 0.253. The molecular formula is C31H37Cl2N3O4S. The topological polar surface area (TPSA) is 86.8 Å². The van der Waals surface area contributed by atoms with Gasteiger partial charge in [-0.2, -0.15) is 0 Å². The van der Waals surface area contributed by atoms with Crippen molar-refractivity contribution in [2.45, 2.75) is 64.9 Å². The van der Waals surface area contributed by atoms with Crippen LogP contribution in [0.25, 0.3) is 0 Å². The summed E-state index contributed by atoms with van der Waals surface area (Å²) in [6.45, 7) is 9.19. The van der Waals surface area contributed by atoms with E-state index in [1.165, 1.54) is 17.0 Å². The van der Waals surface area contributed by atoms with E-state index in [2.05, 4.69) is 5.32 Å². The van der Waals surface area contributed by atoms with E-state index in [9.17, 15) is 18.0 Å². The second-order valence-electron chi connectivity index (χ2n) is 10.1. The Morgan fingerprint density at radius 3 is 2.00 bits per heavy atom. The maximum absolute atomic E-state index is 14.2. The molecule has 2 amide bonds. The Morgan fingerprint density at radius 2 is 1.46 bits per heavy atom. The summed E-state index contributed by atoms with van der Waals surface area (Å²) in [6.07, 6.45) is 1.03. The summed E-state index contributed by atoms with van der Waals surface area (Å²) < 4.78 is 29.2. The van der Waals surface area contributed by atoms with E-state index in [0.29, 0.717) is 34.3 Å². The molecule has 3 rings (SSSR count). The summed E-state index contributed by atoms with van der Waals surface area (Å²) in [6, 6.07) is 16.0. The first-order chi connectivity index (χ1) is 19.4. The highest BCUT2D eigenvalue weighted by molar-refractivity contribution is 7.92. The highest BCUT2D eigenvalue weighted by atomic mass is 35.5. The second-order valence-corrected chi connectivity index (χ2v) is 12.8. The number of rotatable bonds is 12. The molecule has 41 heavy (non-hydrogen) atoms. The van der Waals surface area contributed by atoms with Gasteiger partial charge in [0.1, 0.15) is 12.6 Å². The van der Waals surface area contributed by atoms with Crippen LogP contribution in [0.4, 0.5) is 5.69 Å². The van der Waals surface area contributed by atoms with Crippen LogP contribution < -0.4 is 9.62 Å². The number of carbonyl (C=O) groups is 2. The normalized spacial score (nSPS) is 12.1. The van der Waals surface area contributed by atoms with E-state index in [1.807, 2.05) is 33.8 Å². The third-order valence-corrected chi connectivity index (χ3v) is 9.20. The Balaban J connectivity index is 2.12. The van der Waals surface area contributed by atoms with Crippen LogP contribution in [-0.4, -0.2) is 44.3 Å². The number of hydrogen-bond donors (Lipinski definition) is 1. The molecule has 0 aromatic heterocycles. The molecule has 0 spiro atoms. The SMILES string of the molecule is CCCNC(=O)[C@@H](CC)N(Cc1c(Cl)cccc1Cl)C(=O)CN(c1cc(C)cc(C)c1)S(=O)(=O)c1ccc(C)cc1. The smallest absolute Gasteiger partial charge is 0.264 e. The zero-order chi connectivity index (χ0) is 30.3. The number of halogens is 2. The number of carbonyl (C=O) groups excluding carboxylic acids is 2. The molecule has 0 fully saturated rings. The number of nitrogens with one attached hydrogen (secondary N) is 1. The second kappa shape index (κ2) is 14.2. The van der Waals surface area contributed by atoms with E-state index in [-0.39, 0.29) is 17.3 Å². The molecular weight excluding hydrogens is 581 g/mol. The van der Waals surface area contributed by atoms with E-state index in [0.717, 1.165) is 27.4 Å². The summed E-state index contributed by atoms with van der Waals surface area (Å²) in [7, 11) is -4.16. The molecule has 0 bridgehead atoms. The molecule has 0 saturated carbocycles. The van der Waals surface area contributed by atoms with Crippen molar-refractivity contribution >= 4 is 50.7 Å². The molecule has 0 aliphatic carbocycles. The predicted molar refractivity (Wildman–Crippen MR) is 166 cm³/mol. The zero-order valence-electron chi connectivity index (χ0n) is 24.1. The van der Waals surface area contributed by atoms with Gasteiger partial charge >= 0.3 is 0 Å². The van der Waals surface area contributed by atoms with E-state index < -0.39 is 28.5 Å². The summed E-state index contributed by atoms with van der Waals surface area (Å²) in [4.78, 5) is 28.9. The van der Waals surface area contributed by atoms with Crippen LogP contribution in [0.1, 0.15) is 48.9 Å². The van der Waals surface area contributed by atoms with Gasteiger partial charge in [-0.1, -0.05) is 66.9 Å². The lowest BCUT2D eigenvalue weighted by Crippen LogP contribution is -2.52. The predicted octanol–water partition coefficient (Wildman–Crippen LogP) is 6.45. The van der Waals surface area contributed by atoms with Gasteiger partial charge in [0.05, 0.1) is 10.6 Å². The van der Waals surface area contributed by atoms with Gasteiger partial charge in [0.2, 0.25) is 11.8 Å². The van der Waals surface area contributed by atoms with Gasteiger partial charge in [-0.25, -0.2) is 8.42 Å². The van der Waals surface area contributed by atoms with E-state index >= 15 is 0 Å². The fourth-order valence-corrected chi connectivity index (χ4v) is 6.51. The van der Waals surface area contributed by atoms with Crippen LogP contribution in [0.15, 0.2) is 65.6 Å². The largest absolute Gasteiger partial charge is 0.354 e. The van der Waals surface area contributed by atoms with Crippen LogP contribution in [0.5, 0.6) is 0 Å². The minimum absolute atomic E-state index is 0.0588. The van der Waals surface area contributed by atoms with Gasteiger partial charge in [-0.3, -0.25) is 13.9 Å². The van der Waals surface area contributed by atoms with Gasteiger partial charge < -0.3 is 10.2 Å².